The molecule has 0 aliphatic carbocycles. The van der Waals surface area contributed by atoms with Crippen LogP contribution in [-0.4, -0.2) is 49.7 Å². The van der Waals surface area contributed by atoms with Crippen molar-refractivity contribution in [3.05, 3.63) is 63.9 Å². The topological polar surface area (TPSA) is 57.7 Å². The summed E-state index contributed by atoms with van der Waals surface area (Å²) in [7, 11) is -3.82. The van der Waals surface area contributed by atoms with Crippen LogP contribution in [0.4, 0.5) is 4.39 Å². The number of rotatable bonds is 3. The van der Waals surface area contributed by atoms with E-state index in [1.165, 1.54) is 45.6 Å². The highest BCUT2D eigenvalue weighted by Gasteiger charge is 2.32. The SMILES string of the molecule is O=C(c1cccc(F)c1)N1CCN(S(=O)(=O)c2cccc(Cl)c2Cl)CC1. The Kier molecular flexibility index (Phi) is 5.53. The molecule has 1 saturated heterocycles. The van der Waals surface area contributed by atoms with Crippen molar-refractivity contribution in [3.63, 3.8) is 0 Å². The maximum Gasteiger partial charge on any atom is 0.254 e. The lowest BCUT2D eigenvalue weighted by Gasteiger charge is -2.34. The predicted octanol–water partition coefficient (Wildman–Crippen LogP) is 3.28. The van der Waals surface area contributed by atoms with Gasteiger partial charge in [0.05, 0.1) is 10.0 Å². The molecule has 1 heterocycles. The molecule has 0 N–H and O–H groups in total. The van der Waals surface area contributed by atoms with E-state index in [-0.39, 0.29) is 52.6 Å². The third-order valence-electron chi connectivity index (χ3n) is 4.13. The number of hydrogen-bond donors (Lipinski definition) is 0. The molecule has 1 amide bonds. The summed E-state index contributed by atoms with van der Waals surface area (Å²) in [4.78, 5) is 13.9. The summed E-state index contributed by atoms with van der Waals surface area (Å²) in [5.41, 5.74) is 0.235. The Balaban J connectivity index is 1.74. The second-order valence-electron chi connectivity index (χ2n) is 5.76. The average Bonchev–Trinajstić information content (AvgIpc) is 2.63. The molecule has 0 unspecified atom stereocenters. The van der Waals surface area contributed by atoms with E-state index >= 15 is 0 Å². The molecule has 0 atom stereocenters. The van der Waals surface area contributed by atoms with Crippen molar-refractivity contribution in [3.8, 4) is 0 Å². The molecule has 5 nitrogen and oxygen atoms in total. The Hall–Kier alpha value is -1.67. The van der Waals surface area contributed by atoms with E-state index in [1.807, 2.05) is 0 Å². The summed E-state index contributed by atoms with van der Waals surface area (Å²) in [6.45, 7) is 0.637. The summed E-state index contributed by atoms with van der Waals surface area (Å²) in [6.07, 6.45) is 0. The molecule has 1 aliphatic rings. The van der Waals surface area contributed by atoms with Crippen LogP contribution in [0.25, 0.3) is 0 Å². The molecule has 138 valence electrons. The van der Waals surface area contributed by atoms with Crippen LogP contribution >= 0.6 is 23.2 Å². The number of halogens is 3. The fourth-order valence-electron chi connectivity index (χ4n) is 2.76. The summed E-state index contributed by atoms with van der Waals surface area (Å²) in [5.74, 6) is -0.824. The highest BCUT2D eigenvalue weighted by molar-refractivity contribution is 7.89. The monoisotopic (exact) mass is 416 g/mol. The van der Waals surface area contributed by atoms with Gasteiger partial charge in [-0.1, -0.05) is 35.3 Å². The van der Waals surface area contributed by atoms with Crippen LogP contribution < -0.4 is 0 Å². The molecule has 0 saturated carbocycles. The molecular formula is C17H15Cl2FN2O3S. The van der Waals surface area contributed by atoms with Crippen molar-refractivity contribution >= 4 is 39.1 Å². The van der Waals surface area contributed by atoms with E-state index in [0.717, 1.165) is 6.07 Å². The zero-order chi connectivity index (χ0) is 18.9. The van der Waals surface area contributed by atoms with Gasteiger partial charge in [-0.3, -0.25) is 4.79 Å². The van der Waals surface area contributed by atoms with Crippen molar-refractivity contribution in [1.29, 1.82) is 0 Å². The maximum atomic E-state index is 13.3. The predicted molar refractivity (Wildman–Crippen MR) is 97.5 cm³/mol. The lowest BCUT2D eigenvalue weighted by molar-refractivity contribution is 0.0697. The Bertz CT molecular complexity index is 945. The van der Waals surface area contributed by atoms with E-state index in [2.05, 4.69) is 0 Å². The van der Waals surface area contributed by atoms with Crippen LogP contribution in [0.2, 0.25) is 10.0 Å². The fourth-order valence-corrected chi connectivity index (χ4v) is 4.92. The molecule has 1 fully saturated rings. The molecule has 0 aromatic heterocycles. The van der Waals surface area contributed by atoms with Crippen molar-refractivity contribution in [2.75, 3.05) is 26.2 Å². The zero-order valence-electron chi connectivity index (χ0n) is 13.5. The summed E-state index contributed by atoms with van der Waals surface area (Å²) in [6, 6.07) is 9.84. The highest BCUT2D eigenvalue weighted by Crippen LogP contribution is 2.31. The first-order valence-corrected chi connectivity index (χ1v) is 9.99. The third-order valence-corrected chi connectivity index (χ3v) is 7.00. The van der Waals surface area contributed by atoms with Crippen LogP contribution in [0.5, 0.6) is 0 Å². The van der Waals surface area contributed by atoms with Crippen molar-refractivity contribution in [2.45, 2.75) is 4.90 Å². The van der Waals surface area contributed by atoms with E-state index in [9.17, 15) is 17.6 Å². The molecule has 0 bridgehead atoms. The largest absolute Gasteiger partial charge is 0.336 e. The highest BCUT2D eigenvalue weighted by atomic mass is 35.5. The molecule has 1 aliphatic heterocycles. The van der Waals surface area contributed by atoms with Gasteiger partial charge in [0.25, 0.3) is 5.91 Å². The number of carbonyl (C=O) groups excluding carboxylic acids is 1. The molecule has 0 radical (unpaired) electrons. The number of benzene rings is 2. The summed E-state index contributed by atoms with van der Waals surface area (Å²) < 4.78 is 40.1. The van der Waals surface area contributed by atoms with Crippen molar-refractivity contribution in [2.24, 2.45) is 0 Å². The van der Waals surface area contributed by atoms with Crippen LogP contribution in [0.15, 0.2) is 47.4 Å². The number of amides is 1. The number of hydrogen-bond acceptors (Lipinski definition) is 3. The Morgan fingerprint density at radius 3 is 2.31 bits per heavy atom. The third kappa shape index (κ3) is 3.71. The first-order chi connectivity index (χ1) is 12.3. The number of carbonyl (C=O) groups is 1. The van der Waals surface area contributed by atoms with Crippen LogP contribution in [-0.2, 0) is 10.0 Å². The van der Waals surface area contributed by atoms with Gasteiger partial charge >= 0.3 is 0 Å². The number of sulfonamides is 1. The van der Waals surface area contributed by atoms with Gasteiger partial charge in [0.15, 0.2) is 0 Å². The van der Waals surface area contributed by atoms with Gasteiger partial charge in [0, 0.05) is 31.7 Å². The van der Waals surface area contributed by atoms with E-state index in [1.54, 1.807) is 0 Å². The molecular weight excluding hydrogens is 402 g/mol. The smallest absolute Gasteiger partial charge is 0.254 e. The summed E-state index contributed by atoms with van der Waals surface area (Å²) in [5, 5.41) is 0.139. The lowest BCUT2D eigenvalue weighted by atomic mass is 10.2. The quantitative estimate of drug-likeness (QED) is 0.771. The van der Waals surface area contributed by atoms with Crippen LogP contribution in [0.3, 0.4) is 0 Å². The van der Waals surface area contributed by atoms with Gasteiger partial charge in [0.1, 0.15) is 10.7 Å². The second-order valence-corrected chi connectivity index (χ2v) is 8.45. The number of piperazine rings is 1. The van der Waals surface area contributed by atoms with Gasteiger partial charge in [-0.15, -0.1) is 0 Å². The second kappa shape index (κ2) is 7.52. The molecule has 2 aromatic rings. The van der Waals surface area contributed by atoms with Crippen LogP contribution in [0.1, 0.15) is 10.4 Å². The van der Waals surface area contributed by atoms with Gasteiger partial charge in [-0.05, 0) is 30.3 Å². The Morgan fingerprint density at radius 1 is 1.00 bits per heavy atom. The number of nitrogens with zero attached hydrogens (tertiary/aromatic N) is 2. The minimum absolute atomic E-state index is 0.0209. The van der Waals surface area contributed by atoms with Crippen LogP contribution in [0, 0.1) is 5.82 Å². The first-order valence-electron chi connectivity index (χ1n) is 7.80. The Labute approximate surface area is 161 Å². The van der Waals surface area contributed by atoms with Crippen molar-refractivity contribution in [1.82, 2.24) is 9.21 Å². The summed E-state index contributed by atoms with van der Waals surface area (Å²) >= 11 is 11.9. The normalized spacial score (nSPS) is 15.9. The minimum atomic E-state index is -3.82. The molecule has 9 heteroatoms. The van der Waals surface area contributed by atoms with Gasteiger partial charge < -0.3 is 4.90 Å². The van der Waals surface area contributed by atoms with Crippen molar-refractivity contribution < 1.29 is 17.6 Å². The van der Waals surface area contributed by atoms with E-state index < -0.39 is 15.8 Å². The van der Waals surface area contributed by atoms with Gasteiger partial charge in [0.2, 0.25) is 10.0 Å². The Morgan fingerprint density at radius 2 is 1.65 bits per heavy atom. The molecule has 2 aromatic carbocycles. The van der Waals surface area contributed by atoms with Gasteiger partial charge in [-0.2, -0.15) is 4.31 Å². The minimum Gasteiger partial charge on any atom is -0.336 e. The standard InChI is InChI=1S/C17H15Cl2FN2O3S/c18-14-5-2-6-15(16(14)19)26(24,25)22-9-7-21(8-10-22)17(23)12-3-1-4-13(20)11-12/h1-6,11H,7-10H2. The van der Waals surface area contributed by atoms with Gasteiger partial charge in [-0.25, -0.2) is 12.8 Å². The maximum absolute atomic E-state index is 13.3. The fraction of sp³-hybridized carbons (Fsp3) is 0.235. The zero-order valence-corrected chi connectivity index (χ0v) is 15.9. The molecule has 3 rings (SSSR count). The molecule has 26 heavy (non-hydrogen) atoms. The lowest BCUT2D eigenvalue weighted by Crippen LogP contribution is -2.50. The van der Waals surface area contributed by atoms with E-state index in [4.69, 9.17) is 23.2 Å². The first kappa shape index (κ1) is 19.1. The average molecular weight is 417 g/mol. The van der Waals surface area contributed by atoms with E-state index in [0.29, 0.717) is 0 Å². The molecule has 0 spiro atoms.